The maximum atomic E-state index is 5.09. The third kappa shape index (κ3) is 2.94. The van der Waals surface area contributed by atoms with Crippen molar-refractivity contribution in [1.29, 1.82) is 0 Å². The lowest BCUT2D eigenvalue weighted by atomic mass is 9.94. The van der Waals surface area contributed by atoms with E-state index < -0.39 is 0 Å². The molecule has 1 aliphatic rings. The molecule has 1 aliphatic heterocycles. The molecular formula is C11H24N2O. The first-order chi connectivity index (χ1) is 6.73. The second kappa shape index (κ2) is 5.69. The third-order valence-corrected chi connectivity index (χ3v) is 3.37. The molecule has 14 heavy (non-hydrogen) atoms. The summed E-state index contributed by atoms with van der Waals surface area (Å²) in [5.41, 5.74) is 0.353. The van der Waals surface area contributed by atoms with Crippen molar-refractivity contribution in [2.45, 2.75) is 32.2 Å². The van der Waals surface area contributed by atoms with Gasteiger partial charge in [-0.25, -0.2) is 0 Å². The fraction of sp³-hybridized carbons (Fsp3) is 1.00. The molecule has 1 fully saturated rings. The first-order valence-corrected chi connectivity index (χ1v) is 5.67. The van der Waals surface area contributed by atoms with E-state index in [4.69, 9.17) is 4.74 Å². The summed E-state index contributed by atoms with van der Waals surface area (Å²) in [7, 11) is 1.77. The quantitative estimate of drug-likeness (QED) is 0.673. The van der Waals surface area contributed by atoms with E-state index in [1.54, 1.807) is 7.11 Å². The van der Waals surface area contributed by atoms with E-state index in [0.717, 1.165) is 26.1 Å². The number of hydrogen-bond acceptors (Lipinski definition) is 3. The highest BCUT2D eigenvalue weighted by molar-refractivity contribution is 4.90. The molecule has 0 aliphatic carbocycles. The highest BCUT2D eigenvalue weighted by Gasteiger charge is 2.31. The monoisotopic (exact) mass is 200 g/mol. The van der Waals surface area contributed by atoms with E-state index in [1.165, 1.54) is 19.5 Å². The molecule has 1 heterocycles. The molecule has 0 spiro atoms. The first-order valence-electron chi connectivity index (χ1n) is 5.67. The first kappa shape index (κ1) is 12.0. The van der Waals surface area contributed by atoms with Gasteiger partial charge in [0.15, 0.2) is 0 Å². The van der Waals surface area contributed by atoms with Gasteiger partial charge in [0.1, 0.15) is 0 Å². The lowest BCUT2D eigenvalue weighted by Gasteiger charge is -2.45. The Morgan fingerprint density at radius 2 is 2.29 bits per heavy atom. The third-order valence-electron chi connectivity index (χ3n) is 3.37. The Kier molecular flexibility index (Phi) is 4.85. The van der Waals surface area contributed by atoms with Gasteiger partial charge in [0.25, 0.3) is 0 Å². The number of methoxy groups -OCH3 is 1. The van der Waals surface area contributed by atoms with Crippen molar-refractivity contribution in [1.82, 2.24) is 10.2 Å². The van der Waals surface area contributed by atoms with E-state index >= 15 is 0 Å². The molecule has 0 saturated carbocycles. The van der Waals surface area contributed by atoms with Crippen molar-refractivity contribution >= 4 is 0 Å². The molecule has 0 aromatic rings. The molecule has 3 heteroatoms. The Morgan fingerprint density at radius 3 is 2.93 bits per heavy atom. The molecule has 0 radical (unpaired) electrons. The second-order valence-corrected chi connectivity index (χ2v) is 4.36. The Labute approximate surface area is 87.8 Å². The molecule has 1 unspecified atom stereocenters. The van der Waals surface area contributed by atoms with Gasteiger partial charge in [0.05, 0.1) is 0 Å². The highest BCUT2D eigenvalue weighted by Crippen LogP contribution is 2.20. The number of nitrogens with zero attached hydrogens (tertiary/aromatic N) is 1. The van der Waals surface area contributed by atoms with Gasteiger partial charge in [-0.1, -0.05) is 6.92 Å². The molecule has 0 aromatic heterocycles. The molecule has 1 atom stereocenters. The van der Waals surface area contributed by atoms with E-state index in [0.29, 0.717) is 5.54 Å². The summed E-state index contributed by atoms with van der Waals surface area (Å²) in [6.45, 7) is 10.1. The van der Waals surface area contributed by atoms with Gasteiger partial charge in [-0.2, -0.15) is 0 Å². The van der Waals surface area contributed by atoms with Crippen LogP contribution in [0.2, 0.25) is 0 Å². The van der Waals surface area contributed by atoms with Gasteiger partial charge in [-0.05, 0) is 19.8 Å². The van der Waals surface area contributed by atoms with Crippen molar-refractivity contribution in [3.8, 4) is 0 Å². The molecule has 1 N–H and O–H groups in total. The number of ether oxygens (including phenoxy) is 1. The standard InChI is InChI=1S/C11H24N2O/c1-4-11(2)10-12-6-8-13(11)7-5-9-14-3/h12H,4-10H2,1-3H3. The van der Waals surface area contributed by atoms with E-state index in [9.17, 15) is 0 Å². The smallest absolute Gasteiger partial charge is 0.0474 e. The Hall–Kier alpha value is -0.120. The van der Waals surface area contributed by atoms with Crippen molar-refractivity contribution in [3.05, 3.63) is 0 Å². The molecular weight excluding hydrogens is 176 g/mol. The predicted octanol–water partition coefficient (Wildman–Crippen LogP) is 1.10. The largest absolute Gasteiger partial charge is 0.385 e. The van der Waals surface area contributed by atoms with Crippen LogP contribution in [0.5, 0.6) is 0 Å². The zero-order valence-electron chi connectivity index (χ0n) is 9.81. The van der Waals surface area contributed by atoms with E-state index in [1.807, 2.05) is 0 Å². The summed E-state index contributed by atoms with van der Waals surface area (Å²) in [6, 6.07) is 0. The van der Waals surface area contributed by atoms with Crippen LogP contribution in [0.15, 0.2) is 0 Å². The Morgan fingerprint density at radius 1 is 1.50 bits per heavy atom. The van der Waals surface area contributed by atoms with Crippen molar-refractivity contribution in [3.63, 3.8) is 0 Å². The molecule has 1 rings (SSSR count). The van der Waals surface area contributed by atoms with E-state index in [2.05, 4.69) is 24.1 Å². The average molecular weight is 200 g/mol. The van der Waals surface area contributed by atoms with Crippen LogP contribution >= 0.6 is 0 Å². The van der Waals surface area contributed by atoms with Gasteiger partial charge in [0, 0.05) is 45.4 Å². The zero-order valence-corrected chi connectivity index (χ0v) is 9.81. The van der Waals surface area contributed by atoms with Crippen LogP contribution in [0.4, 0.5) is 0 Å². The summed E-state index contributed by atoms with van der Waals surface area (Å²) in [6.07, 6.45) is 2.36. The van der Waals surface area contributed by atoms with Gasteiger partial charge in [-0.3, -0.25) is 4.90 Å². The minimum Gasteiger partial charge on any atom is -0.385 e. The fourth-order valence-electron chi connectivity index (χ4n) is 2.08. The van der Waals surface area contributed by atoms with Gasteiger partial charge in [0.2, 0.25) is 0 Å². The minimum absolute atomic E-state index is 0.353. The number of piperazine rings is 1. The van der Waals surface area contributed by atoms with E-state index in [-0.39, 0.29) is 0 Å². The van der Waals surface area contributed by atoms with Gasteiger partial charge in [-0.15, -0.1) is 0 Å². The lowest BCUT2D eigenvalue weighted by molar-refractivity contribution is 0.0610. The maximum absolute atomic E-state index is 5.09. The summed E-state index contributed by atoms with van der Waals surface area (Å²) in [5, 5.41) is 3.47. The van der Waals surface area contributed by atoms with Crippen LogP contribution < -0.4 is 5.32 Å². The van der Waals surface area contributed by atoms with Crippen molar-refractivity contribution < 1.29 is 4.74 Å². The highest BCUT2D eigenvalue weighted by atomic mass is 16.5. The van der Waals surface area contributed by atoms with Crippen LogP contribution in [0.1, 0.15) is 26.7 Å². The summed E-state index contributed by atoms with van der Waals surface area (Å²) in [5.74, 6) is 0. The molecule has 0 bridgehead atoms. The van der Waals surface area contributed by atoms with Crippen LogP contribution in [0.3, 0.4) is 0 Å². The molecule has 1 saturated heterocycles. The predicted molar refractivity (Wildman–Crippen MR) is 59.6 cm³/mol. The summed E-state index contributed by atoms with van der Waals surface area (Å²) >= 11 is 0. The van der Waals surface area contributed by atoms with Crippen LogP contribution in [0, 0.1) is 0 Å². The number of rotatable bonds is 5. The molecule has 84 valence electrons. The van der Waals surface area contributed by atoms with Gasteiger partial charge >= 0.3 is 0 Å². The van der Waals surface area contributed by atoms with Gasteiger partial charge < -0.3 is 10.1 Å². The maximum Gasteiger partial charge on any atom is 0.0474 e. The minimum atomic E-state index is 0.353. The lowest BCUT2D eigenvalue weighted by Crippen LogP contribution is -2.59. The molecule has 3 nitrogen and oxygen atoms in total. The van der Waals surface area contributed by atoms with Crippen molar-refractivity contribution in [2.24, 2.45) is 0 Å². The topological polar surface area (TPSA) is 24.5 Å². The second-order valence-electron chi connectivity index (χ2n) is 4.36. The average Bonchev–Trinajstić information content (AvgIpc) is 2.21. The number of nitrogens with one attached hydrogen (secondary N) is 1. The SMILES string of the molecule is CCC1(C)CNCCN1CCCOC. The van der Waals surface area contributed by atoms with Crippen LogP contribution in [-0.4, -0.2) is 50.3 Å². The summed E-state index contributed by atoms with van der Waals surface area (Å²) in [4.78, 5) is 2.60. The van der Waals surface area contributed by atoms with Crippen LogP contribution in [0.25, 0.3) is 0 Å². The van der Waals surface area contributed by atoms with Crippen molar-refractivity contribution in [2.75, 3.05) is 39.9 Å². The zero-order chi connectivity index (χ0) is 10.4. The molecule has 0 aromatic carbocycles. The molecule has 0 amide bonds. The fourth-order valence-corrected chi connectivity index (χ4v) is 2.08. The summed E-state index contributed by atoms with van der Waals surface area (Å²) < 4.78 is 5.09. The normalized spacial score (nSPS) is 29.4. The van der Waals surface area contributed by atoms with Crippen LogP contribution in [-0.2, 0) is 4.74 Å². The Balaban J connectivity index is 2.38. The number of hydrogen-bond donors (Lipinski definition) is 1. The Bertz CT molecular complexity index is 163.